The van der Waals surface area contributed by atoms with Gasteiger partial charge in [0.05, 0.1) is 5.52 Å². The Hall–Kier alpha value is -0.420. The third kappa shape index (κ3) is 1.70. The first-order chi connectivity index (χ1) is 6.72. The molecule has 2 aromatic rings. The Labute approximate surface area is 88.1 Å². The summed E-state index contributed by atoms with van der Waals surface area (Å²) in [4.78, 5) is 3.28. The van der Waals surface area contributed by atoms with Crippen LogP contribution in [-0.2, 0) is 6.42 Å². The monoisotopic (exact) mass is 224 g/mol. The van der Waals surface area contributed by atoms with Gasteiger partial charge in [0.15, 0.2) is 0 Å². The zero-order valence-electron chi connectivity index (χ0n) is 7.88. The van der Waals surface area contributed by atoms with Crippen LogP contribution in [0.15, 0.2) is 18.3 Å². The number of benzene rings is 1. The number of rotatable bonds is 2. The van der Waals surface area contributed by atoms with Crippen molar-refractivity contribution in [2.24, 2.45) is 5.73 Å². The number of hydrogen-bond donors (Lipinski definition) is 2. The van der Waals surface area contributed by atoms with Gasteiger partial charge in [-0.05, 0) is 41.3 Å². The van der Waals surface area contributed by atoms with Gasteiger partial charge in [0, 0.05) is 11.6 Å². The predicted molar refractivity (Wildman–Crippen MR) is 69.7 cm³/mol. The Morgan fingerprint density at radius 1 is 1.29 bits per heavy atom. The number of H-pyrrole nitrogens is 1. The molecule has 4 heteroatoms. The van der Waals surface area contributed by atoms with Crippen LogP contribution in [0, 0.1) is 0 Å². The van der Waals surface area contributed by atoms with Crippen LogP contribution in [0.3, 0.4) is 0 Å². The summed E-state index contributed by atoms with van der Waals surface area (Å²) in [5.41, 5.74) is 8.06. The second kappa shape index (κ2) is 3.98. The minimum Gasteiger partial charge on any atom is -0.360 e. The van der Waals surface area contributed by atoms with E-state index in [1.807, 2.05) is 0 Å². The van der Waals surface area contributed by atoms with Crippen LogP contribution in [-0.4, -0.2) is 11.5 Å². The summed E-state index contributed by atoms with van der Waals surface area (Å²) in [6, 6.07) is 4.30. The van der Waals surface area contributed by atoms with Gasteiger partial charge in [-0.25, -0.2) is 0 Å². The molecule has 1 aromatic heterocycles. The smallest absolute Gasteiger partial charge is 0.0529 e. The lowest BCUT2D eigenvalue weighted by Gasteiger charge is -2.00. The van der Waals surface area contributed by atoms with E-state index in [0.29, 0.717) is 6.54 Å². The van der Waals surface area contributed by atoms with Crippen LogP contribution in [0.1, 0.15) is 5.56 Å². The van der Waals surface area contributed by atoms with E-state index in [-0.39, 0.29) is 0 Å². The van der Waals surface area contributed by atoms with Gasteiger partial charge in [0.25, 0.3) is 0 Å². The summed E-state index contributed by atoms with van der Waals surface area (Å²) in [5, 5.41) is 3.70. The molecule has 2 atom stereocenters. The minimum atomic E-state index is 0.695. The van der Waals surface area contributed by atoms with E-state index < -0.39 is 0 Å². The normalized spacial score (nSPS) is 11.1. The largest absolute Gasteiger partial charge is 0.360 e. The van der Waals surface area contributed by atoms with Crippen LogP contribution in [0.2, 0.25) is 0 Å². The van der Waals surface area contributed by atoms with E-state index in [4.69, 9.17) is 5.73 Å². The fourth-order valence-corrected chi connectivity index (χ4v) is 2.67. The van der Waals surface area contributed by atoms with Crippen LogP contribution >= 0.6 is 18.5 Å². The number of nitrogens with one attached hydrogen (secondary N) is 1. The van der Waals surface area contributed by atoms with Crippen LogP contribution in [0.25, 0.3) is 10.9 Å². The summed E-state index contributed by atoms with van der Waals surface area (Å²) >= 11 is 0. The lowest BCUT2D eigenvalue weighted by molar-refractivity contribution is 0.976. The number of aromatic nitrogens is 1. The number of nitrogens with two attached hydrogens (primary N) is 1. The van der Waals surface area contributed by atoms with Crippen molar-refractivity contribution < 1.29 is 0 Å². The Balaban J connectivity index is 2.66. The first kappa shape index (κ1) is 10.1. The molecule has 0 aliphatic rings. The van der Waals surface area contributed by atoms with Crippen molar-refractivity contribution >= 4 is 40.0 Å². The summed E-state index contributed by atoms with van der Waals surface area (Å²) in [6.45, 7) is 0.695. The molecule has 0 spiro atoms. The Morgan fingerprint density at radius 2 is 2.07 bits per heavy atom. The number of hydrogen-bond acceptors (Lipinski definition) is 1. The highest BCUT2D eigenvalue weighted by Crippen LogP contribution is 2.17. The molecule has 0 aliphatic carbocycles. The standard InChI is InChI=1S/C10H14N2P2/c11-2-1-6-5-12-10-8(6)3-7(13)4-9(10)14/h3-5,12H,1-2,11,13-14H2. The molecule has 0 aliphatic heterocycles. The third-order valence-electron chi connectivity index (χ3n) is 2.34. The number of fused-ring (bicyclic) bond motifs is 1. The lowest BCUT2D eigenvalue weighted by Crippen LogP contribution is -2.04. The average Bonchev–Trinajstić information content (AvgIpc) is 2.49. The summed E-state index contributed by atoms with van der Waals surface area (Å²) < 4.78 is 0. The molecule has 1 aromatic carbocycles. The molecular formula is C10H14N2P2. The predicted octanol–water partition coefficient (Wildman–Crippen LogP) is 0.670. The highest BCUT2D eigenvalue weighted by molar-refractivity contribution is 7.30. The van der Waals surface area contributed by atoms with Gasteiger partial charge in [-0.2, -0.15) is 0 Å². The minimum absolute atomic E-state index is 0.695. The van der Waals surface area contributed by atoms with Crippen LogP contribution in [0.4, 0.5) is 0 Å². The molecule has 2 nitrogen and oxygen atoms in total. The van der Waals surface area contributed by atoms with E-state index in [1.165, 1.54) is 27.1 Å². The maximum absolute atomic E-state index is 5.56. The zero-order chi connectivity index (χ0) is 10.1. The van der Waals surface area contributed by atoms with E-state index in [9.17, 15) is 0 Å². The third-order valence-corrected chi connectivity index (χ3v) is 3.13. The van der Waals surface area contributed by atoms with Crippen LogP contribution in [0.5, 0.6) is 0 Å². The van der Waals surface area contributed by atoms with Crippen molar-refractivity contribution in [3.05, 3.63) is 23.9 Å². The van der Waals surface area contributed by atoms with Crippen molar-refractivity contribution in [3.8, 4) is 0 Å². The maximum atomic E-state index is 5.56. The second-order valence-electron chi connectivity index (χ2n) is 3.39. The average molecular weight is 224 g/mol. The molecular weight excluding hydrogens is 210 g/mol. The molecule has 1 heterocycles. The van der Waals surface area contributed by atoms with E-state index >= 15 is 0 Å². The van der Waals surface area contributed by atoms with E-state index in [1.54, 1.807) is 0 Å². The first-order valence-electron chi connectivity index (χ1n) is 4.57. The van der Waals surface area contributed by atoms with Gasteiger partial charge in [0.2, 0.25) is 0 Å². The van der Waals surface area contributed by atoms with Gasteiger partial charge in [-0.15, -0.1) is 18.5 Å². The molecule has 0 saturated carbocycles. The van der Waals surface area contributed by atoms with Crippen molar-refractivity contribution in [1.82, 2.24) is 4.98 Å². The molecule has 3 N–H and O–H groups in total. The molecule has 0 saturated heterocycles. The molecule has 14 heavy (non-hydrogen) atoms. The number of aromatic amines is 1. The van der Waals surface area contributed by atoms with Crippen molar-refractivity contribution in [1.29, 1.82) is 0 Å². The molecule has 0 fully saturated rings. The van der Waals surface area contributed by atoms with E-state index in [2.05, 4.69) is 41.8 Å². The van der Waals surface area contributed by atoms with Gasteiger partial charge in [-0.3, -0.25) is 0 Å². The highest BCUT2D eigenvalue weighted by Gasteiger charge is 2.05. The van der Waals surface area contributed by atoms with Crippen molar-refractivity contribution in [2.75, 3.05) is 6.54 Å². The molecule has 0 amide bonds. The highest BCUT2D eigenvalue weighted by atomic mass is 31.0. The summed E-state index contributed by atoms with van der Waals surface area (Å²) in [5.74, 6) is 0. The van der Waals surface area contributed by atoms with Crippen LogP contribution < -0.4 is 16.3 Å². The molecule has 74 valence electrons. The Bertz CT molecular complexity index is 462. The summed E-state index contributed by atoms with van der Waals surface area (Å²) in [6.07, 6.45) is 2.98. The van der Waals surface area contributed by atoms with Gasteiger partial charge in [0.1, 0.15) is 0 Å². The molecule has 0 bridgehead atoms. The fraction of sp³-hybridized carbons (Fsp3) is 0.200. The summed E-state index contributed by atoms with van der Waals surface area (Å²) in [7, 11) is 5.48. The molecule has 0 radical (unpaired) electrons. The van der Waals surface area contributed by atoms with Gasteiger partial charge in [-0.1, -0.05) is 0 Å². The van der Waals surface area contributed by atoms with Crippen molar-refractivity contribution in [3.63, 3.8) is 0 Å². The second-order valence-corrected chi connectivity index (χ2v) is 4.67. The topological polar surface area (TPSA) is 41.8 Å². The quantitative estimate of drug-likeness (QED) is 0.723. The zero-order valence-corrected chi connectivity index (χ0v) is 10.2. The first-order valence-corrected chi connectivity index (χ1v) is 5.73. The van der Waals surface area contributed by atoms with Crippen molar-refractivity contribution in [2.45, 2.75) is 6.42 Å². The van der Waals surface area contributed by atoms with Gasteiger partial charge >= 0.3 is 0 Å². The lowest BCUT2D eigenvalue weighted by atomic mass is 10.1. The van der Waals surface area contributed by atoms with E-state index in [0.717, 1.165) is 6.42 Å². The fourth-order valence-electron chi connectivity index (χ4n) is 1.70. The Morgan fingerprint density at radius 3 is 2.79 bits per heavy atom. The Kier molecular flexibility index (Phi) is 2.88. The SMILES string of the molecule is NCCc1c[nH]c2c(P)cc(P)cc12. The molecule has 2 unspecified atom stereocenters. The van der Waals surface area contributed by atoms with Gasteiger partial charge < -0.3 is 10.7 Å². The molecule has 2 rings (SSSR count). The maximum Gasteiger partial charge on any atom is 0.0529 e.